The van der Waals surface area contributed by atoms with Crippen molar-refractivity contribution >= 4 is 5.91 Å². The van der Waals surface area contributed by atoms with E-state index in [2.05, 4.69) is 10.6 Å². The highest BCUT2D eigenvalue weighted by atomic mass is 16.3. The second-order valence-electron chi connectivity index (χ2n) is 4.53. The van der Waals surface area contributed by atoms with Crippen LogP contribution >= 0.6 is 0 Å². The Hall–Kier alpha value is -1.55. The van der Waals surface area contributed by atoms with Crippen LogP contribution in [0.3, 0.4) is 0 Å². The fraction of sp³-hybridized carbons (Fsp3) is 0.500. The number of phenols is 1. The Morgan fingerprint density at radius 1 is 1.33 bits per heavy atom. The normalized spacial score (nSPS) is 12.1. The second-order valence-corrected chi connectivity index (χ2v) is 4.53. The molecule has 100 valence electrons. The summed E-state index contributed by atoms with van der Waals surface area (Å²) in [6.45, 7) is 2.72. The van der Waals surface area contributed by atoms with Gasteiger partial charge in [0.1, 0.15) is 5.75 Å². The maximum absolute atomic E-state index is 11.5. The molecule has 0 radical (unpaired) electrons. The van der Waals surface area contributed by atoms with Crippen LogP contribution in [0.1, 0.15) is 25.3 Å². The van der Waals surface area contributed by atoms with Crippen molar-refractivity contribution < 1.29 is 9.90 Å². The van der Waals surface area contributed by atoms with Gasteiger partial charge in [-0.05, 0) is 44.5 Å². The first-order valence-corrected chi connectivity index (χ1v) is 6.33. The van der Waals surface area contributed by atoms with Gasteiger partial charge in [-0.2, -0.15) is 0 Å². The zero-order valence-electron chi connectivity index (χ0n) is 11.1. The van der Waals surface area contributed by atoms with Crippen molar-refractivity contribution in [2.24, 2.45) is 0 Å². The number of amides is 1. The Labute approximate surface area is 108 Å². The van der Waals surface area contributed by atoms with Gasteiger partial charge >= 0.3 is 0 Å². The average Bonchev–Trinajstić information content (AvgIpc) is 2.35. The number of carbonyl (C=O) groups is 1. The van der Waals surface area contributed by atoms with Crippen LogP contribution in [-0.4, -0.2) is 30.6 Å². The predicted molar refractivity (Wildman–Crippen MR) is 72.6 cm³/mol. The predicted octanol–water partition coefficient (Wildman–Crippen LogP) is 1.44. The van der Waals surface area contributed by atoms with Crippen molar-refractivity contribution in [3.8, 4) is 5.75 Å². The van der Waals surface area contributed by atoms with Crippen LogP contribution in [0.5, 0.6) is 5.75 Å². The van der Waals surface area contributed by atoms with Gasteiger partial charge in [-0.15, -0.1) is 0 Å². The summed E-state index contributed by atoms with van der Waals surface area (Å²) >= 11 is 0. The summed E-state index contributed by atoms with van der Waals surface area (Å²) in [7, 11) is 1.83. The monoisotopic (exact) mass is 250 g/mol. The van der Waals surface area contributed by atoms with Gasteiger partial charge in [0.15, 0.2) is 0 Å². The van der Waals surface area contributed by atoms with Crippen LogP contribution in [0.15, 0.2) is 24.3 Å². The van der Waals surface area contributed by atoms with E-state index in [-0.39, 0.29) is 17.7 Å². The Bertz CT molecular complexity index is 363. The maximum Gasteiger partial charge on any atom is 0.221 e. The molecule has 0 aliphatic carbocycles. The SMILES string of the molecule is CNCCC(=O)NC(C)CCc1ccc(O)cc1. The highest BCUT2D eigenvalue weighted by Crippen LogP contribution is 2.11. The largest absolute Gasteiger partial charge is 0.508 e. The van der Waals surface area contributed by atoms with Gasteiger partial charge in [0, 0.05) is 19.0 Å². The summed E-state index contributed by atoms with van der Waals surface area (Å²) in [5, 5.41) is 15.1. The van der Waals surface area contributed by atoms with E-state index in [0.29, 0.717) is 13.0 Å². The Balaban J connectivity index is 2.26. The molecule has 1 rings (SSSR count). The van der Waals surface area contributed by atoms with Gasteiger partial charge in [0.25, 0.3) is 0 Å². The zero-order valence-corrected chi connectivity index (χ0v) is 11.1. The van der Waals surface area contributed by atoms with Gasteiger partial charge < -0.3 is 15.7 Å². The summed E-state index contributed by atoms with van der Waals surface area (Å²) in [4.78, 5) is 11.5. The van der Waals surface area contributed by atoms with Crippen LogP contribution in [0.4, 0.5) is 0 Å². The molecule has 0 saturated carbocycles. The van der Waals surface area contributed by atoms with E-state index in [1.165, 1.54) is 5.56 Å². The molecule has 1 amide bonds. The fourth-order valence-electron chi connectivity index (χ4n) is 1.70. The number of aromatic hydroxyl groups is 1. The summed E-state index contributed by atoms with van der Waals surface area (Å²) in [5.41, 5.74) is 1.17. The molecule has 1 unspecified atom stereocenters. The summed E-state index contributed by atoms with van der Waals surface area (Å²) in [5.74, 6) is 0.370. The summed E-state index contributed by atoms with van der Waals surface area (Å²) in [6, 6.07) is 7.36. The van der Waals surface area contributed by atoms with Crippen LogP contribution in [-0.2, 0) is 11.2 Å². The first kappa shape index (κ1) is 14.5. The van der Waals surface area contributed by atoms with Crippen molar-refractivity contribution in [1.29, 1.82) is 0 Å². The van der Waals surface area contributed by atoms with Crippen molar-refractivity contribution in [2.45, 2.75) is 32.2 Å². The minimum atomic E-state index is 0.0857. The molecule has 4 heteroatoms. The van der Waals surface area contributed by atoms with Gasteiger partial charge in [0.2, 0.25) is 5.91 Å². The van der Waals surface area contributed by atoms with Crippen molar-refractivity contribution in [3.05, 3.63) is 29.8 Å². The molecule has 0 aliphatic heterocycles. The molecular formula is C14H22N2O2. The number of hydrogen-bond acceptors (Lipinski definition) is 3. The topological polar surface area (TPSA) is 61.4 Å². The molecular weight excluding hydrogens is 228 g/mol. The third kappa shape index (κ3) is 5.68. The minimum absolute atomic E-state index is 0.0857. The van der Waals surface area contributed by atoms with Gasteiger partial charge in [-0.1, -0.05) is 12.1 Å². The first-order chi connectivity index (χ1) is 8.61. The molecule has 1 atom stereocenters. The number of nitrogens with one attached hydrogen (secondary N) is 2. The molecule has 0 aliphatic rings. The minimum Gasteiger partial charge on any atom is -0.508 e. The fourth-order valence-corrected chi connectivity index (χ4v) is 1.70. The summed E-state index contributed by atoms with van der Waals surface area (Å²) < 4.78 is 0. The maximum atomic E-state index is 11.5. The van der Waals surface area contributed by atoms with Crippen molar-refractivity contribution in [1.82, 2.24) is 10.6 Å². The molecule has 18 heavy (non-hydrogen) atoms. The van der Waals surface area contributed by atoms with Crippen LogP contribution in [0.2, 0.25) is 0 Å². The lowest BCUT2D eigenvalue weighted by Crippen LogP contribution is -2.34. The standard InChI is InChI=1S/C14H22N2O2/c1-11(16-14(18)9-10-15-2)3-4-12-5-7-13(17)8-6-12/h5-8,11,15,17H,3-4,9-10H2,1-2H3,(H,16,18). The van der Waals surface area contributed by atoms with E-state index < -0.39 is 0 Å². The Kier molecular flexibility index (Phi) is 6.22. The highest BCUT2D eigenvalue weighted by molar-refractivity contribution is 5.76. The van der Waals surface area contributed by atoms with E-state index in [1.807, 2.05) is 26.1 Å². The molecule has 1 aromatic carbocycles. The zero-order chi connectivity index (χ0) is 13.4. The van der Waals surface area contributed by atoms with Gasteiger partial charge in [0.05, 0.1) is 0 Å². The molecule has 0 bridgehead atoms. The molecule has 0 spiro atoms. The molecule has 0 saturated heterocycles. The summed E-state index contributed by atoms with van der Waals surface area (Å²) in [6.07, 6.45) is 2.31. The van der Waals surface area contributed by atoms with Crippen molar-refractivity contribution in [2.75, 3.05) is 13.6 Å². The Morgan fingerprint density at radius 2 is 2.00 bits per heavy atom. The van der Waals surface area contributed by atoms with Gasteiger partial charge in [-0.3, -0.25) is 4.79 Å². The molecule has 3 N–H and O–H groups in total. The van der Waals surface area contributed by atoms with E-state index in [4.69, 9.17) is 0 Å². The highest BCUT2D eigenvalue weighted by Gasteiger charge is 2.06. The second kappa shape index (κ2) is 7.71. The van der Waals surface area contributed by atoms with Crippen LogP contribution in [0.25, 0.3) is 0 Å². The lowest BCUT2D eigenvalue weighted by atomic mass is 10.1. The number of rotatable bonds is 7. The number of hydrogen-bond donors (Lipinski definition) is 3. The third-order valence-electron chi connectivity index (χ3n) is 2.81. The Morgan fingerprint density at radius 3 is 2.61 bits per heavy atom. The number of benzene rings is 1. The van der Waals surface area contributed by atoms with E-state index in [9.17, 15) is 9.90 Å². The lowest BCUT2D eigenvalue weighted by Gasteiger charge is -2.13. The first-order valence-electron chi connectivity index (χ1n) is 6.33. The van der Waals surface area contributed by atoms with E-state index in [0.717, 1.165) is 12.8 Å². The van der Waals surface area contributed by atoms with Crippen molar-refractivity contribution in [3.63, 3.8) is 0 Å². The van der Waals surface area contributed by atoms with Gasteiger partial charge in [-0.25, -0.2) is 0 Å². The molecule has 0 heterocycles. The molecule has 0 aromatic heterocycles. The number of phenolic OH excluding ortho intramolecular Hbond substituents is 1. The number of aryl methyl sites for hydroxylation is 1. The average molecular weight is 250 g/mol. The number of carbonyl (C=O) groups excluding carboxylic acids is 1. The molecule has 0 fully saturated rings. The van der Waals surface area contributed by atoms with E-state index >= 15 is 0 Å². The quantitative estimate of drug-likeness (QED) is 0.686. The van der Waals surface area contributed by atoms with Crippen LogP contribution in [0, 0.1) is 0 Å². The van der Waals surface area contributed by atoms with E-state index in [1.54, 1.807) is 12.1 Å². The molecule has 1 aromatic rings. The van der Waals surface area contributed by atoms with Crippen LogP contribution < -0.4 is 10.6 Å². The lowest BCUT2D eigenvalue weighted by molar-refractivity contribution is -0.121. The third-order valence-corrected chi connectivity index (χ3v) is 2.81. The smallest absolute Gasteiger partial charge is 0.221 e. The molecule has 4 nitrogen and oxygen atoms in total.